The monoisotopic (exact) mass is 342 g/mol. The number of nitrogens with zero attached hydrogens (tertiary/aromatic N) is 2. The molecule has 1 saturated heterocycles. The summed E-state index contributed by atoms with van der Waals surface area (Å²) in [6.07, 6.45) is -0.343. The Balaban J connectivity index is 1.85. The van der Waals surface area contributed by atoms with E-state index in [2.05, 4.69) is 4.90 Å². The molecule has 134 valence electrons. The highest BCUT2D eigenvalue weighted by Crippen LogP contribution is 2.29. The van der Waals surface area contributed by atoms with Gasteiger partial charge in [0, 0.05) is 32.7 Å². The van der Waals surface area contributed by atoms with Gasteiger partial charge in [-0.1, -0.05) is 30.3 Å². The van der Waals surface area contributed by atoms with Crippen LogP contribution in [0.5, 0.6) is 5.75 Å². The lowest BCUT2D eigenvalue weighted by atomic mass is 10.0. The van der Waals surface area contributed by atoms with Crippen LogP contribution in [0.15, 0.2) is 36.4 Å². The van der Waals surface area contributed by atoms with Crippen molar-refractivity contribution >= 4 is 16.7 Å². The molecule has 1 aliphatic heterocycles. The summed E-state index contributed by atoms with van der Waals surface area (Å²) in [4.78, 5) is 17.3. The number of rotatable bonds is 5. The topological polar surface area (TPSA) is 53.0 Å². The lowest BCUT2D eigenvalue weighted by Gasteiger charge is -2.35. The molecule has 1 atom stereocenters. The lowest BCUT2D eigenvalue weighted by molar-refractivity contribution is 0.0553. The maximum absolute atomic E-state index is 13.2. The number of aliphatic hydroxyl groups is 1. The summed E-state index contributed by atoms with van der Waals surface area (Å²) >= 11 is 0. The summed E-state index contributed by atoms with van der Waals surface area (Å²) < 4.78 is 5.74. The first-order chi connectivity index (χ1) is 12.1. The average molecular weight is 342 g/mol. The molecule has 1 aliphatic rings. The Morgan fingerprint density at radius 2 is 1.88 bits per heavy atom. The van der Waals surface area contributed by atoms with E-state index in [1.165, 1.54) is 0 Å². The number of fused-ring (bicyclic) bond motifs is 1. The van der Waals surface area contributed by atoms with E-state index in [1.54, 1.807) is 6.92 Å². The number of hydrogen-bond acceptors (Lipinski definition) is 4. The van der Waals surface area contributed by atoms with Crippen LogP contribution in [-0.4, -0.2) is 66.2 Å². The fraction of sp³-hybridized carbons (Fsp3) is 0.450. The zero-order valence-corrected chi connectivity index (χ0v) is 14.9. The molecule has 1 amide bonds. The quantitative estimate of drug-likeness (QED) is 0.906. The second-order valence-corrected chi connectivity index (χ2v) is 6.53. The third kappa shape index (κ3) is 3.94. The normalized spacial score (nSPS) is 16.8. The number of ether oxygens (including phenoxy) is 1. The minimum atomic E-state index is -0.343. The van der Waals surface area contributed by atoms with Crippen LogP contribution in [-0.2, 0) is 0 Å². The van der Waals surface area contributed by atoms with E-state index in [9.17, 15) is 9.90 Å². The summed E-state index contributed by atoms with van der Waals surface area (Å²) in [6.45, 7) is 7.80. The Hall–Kier alpha value is -2.11. The van der Waals surface area contributed by atoms with E-state index in [0.717, 1.165) is 23.9 Å². The number of benzene rings is 2. The second kappa shape index (κ2) is 7.85. The van der Waals surface area contributed by atoms with Crippen molar-refractivity contribution in [3.8, 4) is 5.75 Å². The van der Waals surface area contributed by atoms with Gasteiger partial charge in [-0.3, -0.25) is 9.69 Å². The zero-order valence-electron chi connectivity index (χ0n) is 14.9. The highest BCUT2D eigenvalue weighted by atomic mass is 16.5. The van der Waals surface area contributed by atoms with Crippen LogP contribution in [0.3, 0.4) is 0 Å². The number of β-amino-alcohol motifs (C(OH)–C–C–N with tert-alkyl or cyclic N) is 1. The van der Waals surface area contributed by atoms with E-state index >= 15 is 0 Å². The molecule has 1 fully saturated rings. The minimum Gasteiger partial charge on any atom is -0.493 e. The molecule has 0 aliphatic carbocycles. The molecule has 0 saturated carbocycles. The third-order valence-electron chi connectivity index (χ3n) is 4.59. The molecule has 5 nitrogen and oxygen atoms in total. The van der Waals surface area contributed by atoms with Crippen molar-refractivity contribution in [1.29, 1.82) is 0 Å². The van der Waals surface area contributed by atoms with Gasteiger partial charge in [0.2, 0.25) is 0 Å². The highest BCUT2D eigenvalue weighted by Gasteiger charge is 2.26. The summed E-state index contributed by atoms with van der Waals surface area (Å²) in [6, 6.07) is 11.8. The Morgan fingerprint density at radius 1 is 1.16 bits per heavy atom. The van der Waals surface area contributed by atoms with Crippen LogP contribution in [0.2, 0.25) is 0 Å². The average Bonchev–Trinajstić information content (AvgIpc) is 2.61. The van der Waals surface area contributed by atoms with E-state index in [-0.39, 0.29) is 12.0 Å². The second-order valence-electron chi connectivity index (χ2n) is 6.53. The van der Waals surface area contributed by atoms with Gasteiger partial charge in [-0.2, -0.15) is 0 Å². The van der Waals surface area contributed by atoms with Gasteiger partial charge in [-0.25, -0.2) is 0 Å². The van der Waals surface area contributed by atoms with Crippen LogP contribution < -0.4 is 4.74 Å². The van der Waals surface area contributed by atoms with E-state index in [4.69, 9.17) is 4.74 Å². The first kappa shape index (κ1) is 17.7. The summed E-state index contributed by atoms with van der Waals surface area (Å²) in [7, 11) is 0. The predicted molar refractivity (Wildman–Crippen MR) is 99.1 cm³/mol. The number of carbonyl (C=O) groups is 1. The van der Waals surface area contributed by atoms with Gasteiger partial charge in [0.25, 0.3) is 5.91 Å². The minimum absolute atomic E-state index is 0.0250. The Bertz CT molecular complexity index is 737. The van der Waals surface area contributed by atoms with Gasteiger partial charge < -0.3 is 14.7 Å². The number of amides is 1. The number of aliphatic hydroxyl groups excluding tert-OH is 1. The van der Waals surface area contributed by atoms with Crippen molar-refractivity contribution in [1.82, 2.24) is 9.80 Å². The number of piperazine rings is 1. The first-order valence-corrected chi connectivity index (χ1v) is 8.94. The van der Waals surface area contributed by atoms with Crippen molar-refractivity contribution in [2.45, 2.75) is 20.0 Å². The lowest BCUT2D eigenvalue weighted by Crippen LogP contribution is -2.50. The van der Waals surface area contributed by atoms with Crippen molar-refractivity contribution in [2.24, 2.45) is 0 Å². The van der Waals surface area contributed by atoms with Crippen molar-refractivity contribution in [2.75, 3.05) is 39.3 Å². The molecule has 3 rings (SSSR count). The molecule has 5 heteroatoms. The highest BCUT2D eigenvalue weighted by molar-refractivity contribution is 6.09. The van der Waals surface area contributed by atoms with Gasteiger partial charge >= 0.3 is 0 Å². The van der Waals surface area contributed by atoms with E-state index < -0.39 is 0 Å². The van der Waals surface area contributed by atoms with Gasteiger partial charge in [0.05, 0.1) is 18.3 Å². The summed E-state index contributed by atoms with van der Waals surface area (Å²) in [5, 5.41) is 11.5. The molecule has 2 aromatic rings. The Morgan fingerprint density at radius 3 is 2.56 bits per heavy atom. The third-order valence-corrected chi connectivity index (χ3v) is 4.59. The number of carbonyl (C=O) groups excluding carboxylic acids is 1. The van der Waals surface area contributed by atoms with Crippen molar-refractivity contribution < 1.29 is 14.6 Å². The Kier molecular flexibility index (Phi) is 5.56. The van der Waals surface area contributed by atoms with Crippen LogP contribution in [0, 0.1) is 0 Å². The zero-order chi connectivity index (χ0) is 17.8. The molecule has 25 heavy (non-hydrogen) atoms. The van der Waals surface area contributed by atoms with Gasteiger partial charge in [-0.05, 0) is 30.7 Å². The molecular formula is C20H26N2O3. The van der Waals surface area contributed by atoms with Gasteiger partial charge in [-0.15, -0.1) is 0 Å². The molecule has 1 N–H and O–H groups in total. The van der Waals surface area contributed by atoms with Crippen molar-refractivity contribution in [3.05, 3.63) is 42.0 Å². The molecule has 2 aromatic carbocycles. The number of hydrogen-bond donors (Lipinski definition) is 1. The standard InChI is InChI=1S/C20H26N2O3/c1-3-25-18-9-8-16-6-4-5-7-17(16)19(18)20(24)22-12-10-21(11-13-22)14-15(2)23/h4-9,15,23H,3,10-14H2,1-2H3. The Labute approximate surface area is 148 Å². The van der Waals surface area contributed by atoms with Crippen LogP contribution in [0.25, 0.3) is 10.8 Å². The van der Waals surface area contributed by atoms with Crippen molar-refractivity contribution in [3.63, 3.8) is 0 Å². The van der Waals surface area contributed by atoms with E-state index in [1.807, 2.05) is 48.2 Å². The fourth-order valence-corrected chi connectivity index (χ4v) is 3.41. The van der Waals surface area contributed by atoms with Crippen LogP contribution in [0.4, 0.5) is 0 Å². The maximum atomic E-state index is 13.2. The SMILES string of the molecule is CCOc1ccc2ccccc2c1C(=O)N1CCN(CC(C)O)CC1. The molecule has 0 radical (unpaired) electrons. The van der Waals surface area contributed by atoms with Gasteiger partial charge in [0.15, 0.2) is 0 Å². The summed E-state index contributed by atoms with van der Waals surface area (Å²) in [5.41, 5.74) is 0.656. The molecule has 1 heterocycles. The smallest absolute Gasteiger partial charge is 0.258 e. The molecule has 0 bridgehead atoms. The van der Waals surface area contributed by atoms with Crippen LogP contribution in [0.1, 0.15) is 24.2 Å². The summed E-state index contributed by atoms with van der Waals surface area (Å²) in [5.74, 6) is 0.676. The van der Waals surface area contributed by atoms with E-state index in [0.29, 0.717) is 37.6 Å². The molecule has 1 unspecified atom stereocenters. The maximum Gasteiger partial charge on any atom is 0.258 e. The fourth-order valence-electron chi connectivity index (χ4n) is 3.41. The predicted octanol–water partition coefficient (Wildman–Crippen LogP) is 2.38. The molecule has 0 aromatic heterocycles. The largest absolute Gasteiger partial charge is 0.493 e. The molecular weight excluding hydrogens is 316 g/mol. The van der Waals surface area contributed by atoms with Crippen LogP contribution >= 0.6 is 0 Å². The molecule has 0 spiro atoms. The first-order valence-electron chi connectivity index (χ1n) is 8.94. The van der Waals surface area contributed by atoms with Gasteiger partial charge in [0.1, 0.15) is 5.75 Å².